The van der Waals surface area contributed by atoms with Gasteiger partial charge in [-0.1, -0.05) is 48.7 Å². The number of anilines is 1. The first-order valence-electron chi connectivity index (χ1n) is 12.4. The minimum atomic E-state index is -0.412. The standard InChI is InChI=1S/C29H26ClFN4O3/c30-24-8-4-3-7-22(24)28(37)33-21-13-14-27(36)23(15-21)25-16-26(19-5-1-2-6-19)35(34-25)29(38)32-17-18-9-11-20(31)12-10-18/h3-4,7-16,19,36H,1-2,5-6,17H2,(H,32,38)(H,33,37). The number of aromatic nitrogens is 2. The lowest BCUT2D eigenvalue weighted by molar-refractivity contribution is 0.102. The maximum absolute atomic E-state index is 13.2. The van der Waals surface area contributed by atoms with Crippen LogP contribution in [0.1, 0.15) is 53.2 Å². The number of nitrogens with one attached hydrogen (secondary N) is 2. The SMILES string of the molecule is O=C(Nc1ccc(O)c(-c2cc(C3CCCC3)n(C(=O)NCc3ccc(F)cc3)n2)c1)c1ccccc1Cl. The third-order valence-corrected chi connectivity index (χ3v) is 7.04. The van der Waals surface area contributed by atoms with Crippen LogP contribution in [0.15, 0.2) is 72.8 Å². The van der Waals surface area contributed by atoms with Crippen molar-refractivity contribution in [3.05, 3.63) is 100 Å². The molecule has 7 nitrogen and oxygen atoms in total. The predicted molar refractivity (Wildman–Crippen MR) is 144 cm³/mol. The van der Waals surface area contributed by atoms with Crippen LogP contribution < -0.4 is 10.6 Å². The first-order chi connectivity index (χ1) is 18.4. The number of benzene rings is 3. The molecule has 1 fully saturated rings. The fourth-order valence-electron chi connectivity index (χ4n) is 4.72. The number of rotatable bonds is 6. The quantitative estimate of drug-likeness (QED) is 0.240. The average molecular weight is 533 g/mol. The number of carbonyl (C=O) groups is 2. The van der Waals surface area contributed by atoms with Crippen LogP contribution in [-0.2, 0) is 6.54 Å². The molecule has 1 saturated carbocycles. The number of hydrogen-bond donors (Lipinski definition) is 3. The topological polar surface area (TPSA) is 96.2 Å². The van der Waals surface area contributed by atoms with Crippen molar-refractivity contribution in [1.82, 2.24) is 15.1 Å². The Morgan fingerprint density at radius 3 is 2.50 bits per heavy atom. The number of carbonyl (C=O) groups excluding carboxylic acids is 2. The molecule has 3 aromatic carbocycles. The van der Waals surface area contributed by atoms with Crippen LogP contribution in [0.25, 0.3) is 11.3 Å². The highest BCUT2D eigenvalue weighted by Gasteiger charge is 2.26. The molecular formula is C29H26ClFN4O3. The Morgan fingerprint density at radius 2 is 1.76 bits per heavy atom. The number of amides is 2. The van der Waals surface area contributed by atoms with Crippen LogP contribution in [-0.4, -0.2) is 26.8 Å². The Bertz CT molecular complexity index is 1480. The Labute approximate surface area is 224 Å². The van der Waals surface area contributed by atoms with Crippen LogP contribution in [0.2, 0.25) is 5.02 Å². The monoisotopic (exact) mass is 532 g/mol. The lowest BCUT2D eigenvalue weighted by Crippen LogP contribution is -2.30. The fraction of sp³-hybridized carbons (Fsp3) is 0.207. The largest absolute Gasteiger partial charge is 0.507 e. The van der Waals surface area contributed by atoms with Crippen molar-refractivity contribution in [1.29, 1.82) is 0 Å². The van der Waals surface area contributed by atoms with Crippen molar-refractivity contribution >= 4 is 29.2 Å². The summed E-state index contributed by atoms with van der Waals surface area (Å²) in [7, 11) is 0. The second-order valence-corrected chi connectivity index (χ2v) is 9.71. The number of halogens is 2. The molecule has 3 N–H and O–H groups in total. The van der Waals surface area contributed by atoms with E-state index in [1.807, 2.05) is 6.07 Å². The van der Waals surface area contributed by atoms with Gasteiger partial charge in [0.2, 0.25) is 0 Å². The molecule has 9 heteroatoms. The molecule has 2 amide bonds. The molecule has 1 aliphatic rings. The van der Waals surface area contributed by atoms with E-state index in [-0.39, 0.29) is 29.9 Å². The number of phenolic OH excluding ortho intramolecular Hbond substituents is 1. The maximum atomic E-state index is 13.2. The highest BCUT2D eigenvalue weighted by Crippen LogP contribution is 2.38. The third kappa shape index (κ3) is 5.55. The molecule has 1 heterocycles. The van der Waals surface area contributed by atoms with Gasteiger partial charge in [0.05, 0.1) is 22.0 Å². The van der Waals surface area contributed by atoms with Crippen LogP contribution >= 0.6 is 11.6 Å². The molecule has 0 aliphatic heterocycles. The van der Waals surface area contributed by atoms with E-state index < -0.39 is 6.03 Å². The van der Waals surface area contributed by atoms with Gasteiger partial charge in [0, 0.05) is 23.7 Å². The third-order valence-electron chi connectivity index (χ3n) is 6.71. The molecule has 5 rings (SSSR count). The molecule has 0 radical (unpaired) electrons. The molecule has 1 aromatic heterocycles. The smallest absolute Gasteiger partial charge is 0.342 e. The summed E-state index contributed by atoms with van der Waals surface area (Å²) >= 11 is 6.15. The van der Waals surface area contributed by atoms with Crippen molar-refractivity contribution < 1.29 is 19.1 Å². The predicted octanol–water partition coefficient (Wildman–Crippen LogP) is 6.72. The molecular weight excluding hydrogens is 507 g/mol. The molecule has 0 saturated heterocycles. The minimum Gasteiger partial charge on any atom is -0.507 e. The van der Waals surface area contributed by atoms with Crippen molar-refractivity contribution in [2.75, 3.05) is 5.32 Å². The summed E-state index contributed by atoms with van der Waals surface area (Å²) in [5.41, 5.74) is 3.09. The zero-order valence-electron chi connectivity index (χ0n) is 20.5. The normalized spacial score (nSPS) is 13.4. The minimum absolute atomic E-state index is 0.0323. The van der Waals surface area contributed by atoms with Gasteiger partial charge in [-0.3, -0.25) is 4.79 Å². The highest BCUT2D eigenvalue weighted by atomic mass is 35.5. The highest BCUT2D eigenvalue weighted by molar-refractivity contribution is 6.34. The molecule has 0 spiro atoms. The Kier molecular flexibility index (Phi) is 7.42. The lowest BCUT2D eigenvalue weighted by atomic mass is 10.0. The van der Waals surface area contributed by atoms with E-state index in [9.17, 15) is 19.1 Å². The first-order valence-corrected chi connectivity index (χ1v) is 12.8. The Hall–Kier alpha value is -4.17. The summed E-state index contributed by atoms with van der Waals surface area (Å²) in [6.07, 6.45) is 4.01. The Balaban J connectivity index is 1.42. The van der Waals surface area contributed by atoms with Crippen molar-refractivity contribution in [2.45, 2.75) is 38.1 Å². The Morgan fingerprint density at radius 1 is 1.03 bits per heavy atom. The van der Waals surface area contributed by atoms with E-state index in [1.165, 1.54) is 22.9 Å². The molecule has 38 heavy (non-hydrogen) atoms. The van der Waals surface area contributed by atoms with Gasteiger partial charge < -0.3 is 15.7 Å². The van der Waals surface area contributed by atoms with Crippen molar-refractivity contribution in [3.63, 3.8) is 0 Å². The van der Waals surface area contributed by atoms with Gasteiger partial charge in [0.1, 0.15) is 11.6 Å². The molecule has 0 unspecified atom stereocenters. The van der Waals surface area contributed by atoms with Gasteiger partial charge in [-0.2, -0.15) is 9.78 Å². The second kappa shape index (κ2) is 11.1. The number of nitrogens with zero attached hydrogens (tertiary/aromatic N) is 2. The van der Waals surface area contributed by atoms with Gasteiger partial charge >= 0.3 is 6.03 Å². The van der Waals surface area contributed by atoms with E-state index in [2.05, 4.69) is 15.7 Å². The molecule has 0 atom stereocenters. The number of phenols is 1. The van der Waals surface area contributed by atoms with Crippen LogP contribution in [0.3, 0.4) is 0 Å². The van der Waals surface area contributed by atoms with Gasteiger partial charge in [-0.05, 0) is 66.9 Å². The van der Waals surface area contributed by atoms with E-state index in [4.69, 9.17) is 11.6 Å². The zero-order chi connectivity index (χ0) is 26.6. The fourth-order valence-corrected chi connectivity index (χ4v) is 4.94. The van der Waals surface area contributed by atoms with Gasteiger partial charge in [-0.15, -0.1) is 0 Å². The summed E-state index contributed by atoms with van der Waals surface area (Å²) in [5.74, 6) is -0.594. The summed E-state index contributed by atoms with van der Waals surface area (Å²) in [4.78, 5) is 25.9. The van der Waals surface area contributed by atoms with E-state index in [0.29, 0.717) is 27.5 Å². The van der Waals surface area contributed by atoms with E-state index in [1.54, 1.807) is 48.5 Å². The van der Waals surface area contributed by atoms with E-state index >= 15 is 0 Å². The maximum Gasteiger partial charge on any atom is 0.342 e. The summed E-state index contributed by atoms with van der Waals surface area (Å²) in [6, 6.07) is 18.7. The van der Waals surface area contributed by atoms with Gasteiger partial charge in [0.15, 0.2) is 0 Å². The first kappa shape index (κ1) is 25.5. The van der Waals surface area contributed by atoms with Crippen LogP contribution in [0, 0.1) is 5.82 Å². The summed E-state index contributed by atoms with van der Waals surface area (Å²) < 4.78 is 14.6. The molecule has 194 valence electrons. The average Bonchev–Trinajstić information content (AvgIpc) is 3.60. The van der Waals surface area contributed by atoms with Gasteiger partial charge in [0.25, 0.3) is 5.91 Å². The number of aromatic hydroxyl groups is 1. The van der Waals surface area contributed by atoms with Crippen LogP contribution in [0.4, 0.5) is 14.9 Å². The van der Waals surface area contributed by atoms with E-state index in [0.717, 1.165) is 36.9 Å². The summed E-state index contributed by atoms with van der Waals surface area (Å²) in [5, 5.41) is 21.2. The molecule has 1 aliphatic carbocycles. The number of hydrogen-bond acceptors (Lipinski definition) is 4. The van der Waals surface area contributed by atoms with Crippen molar-refractivity contribution in [3.8, 4) is 17.0 Å². The van der Waals surface area contributed by atoms with Crippen LogP contribution in [0.5, 0.6) is 5.75 Å². The zero-order valence-corrected chi connectivity index (χ0v) is 21.2. The molecule has 4 aromatic rings. The van der Waals surface area contributed by atoms with Gasteiger partial charge in [-0.25, -0.2) is 9.18 Å². The molecule has 0 bridgehead atoms. The summed E-state index contributed by atoms with van der Waals surface area (Å²) in [6.45, 7) is 0.216. The second-order valence-electron chi connectivity index (χ2n) is 9.30. The lowest BCUT2D eigenvalue weighted by Gasteiger charge is -2.12. The van der Waals surface area contributed by atoms with Crippen molar-refractivity contribution in [2.24, 2.45) is 0 Å².